The minimum atomic E-state index is -4.55. The zero-order valence-electron chi connectivity index (χ0n) is 14.9. The molecule has 10 heteroatoms. The molecule has 0 aliphatic carbocycles. The summed E-state index contributed by atoms with van der Waals surface area (Å²) in [6, 6.07) is 6.03. The second-order valence-electron chi connectivity index (χ2n) is 6.67. The van der Waals surface area contributed by atoms with Gasteiger partial charge in [0.05, 0.1) is 18.5 Å². The number of alkyl halides is 3. The summed E-state index contributed by atoms with van der Waals surface area (Å²) in [4.78, 5) is 12.6. The molecule has 0 radical (unpaired) electrons. The van der Waals surface area contributed by atoms with E-state index in [1.165, 1.54) is 30.5 Å². The molecule has 1 aromatic carbocycles. The maximum absolute atomic E-state index is 13.6. The lowest BCUT2D eigenvalue weighted by molar-refractivity contribution is -0.174. The first kappa shape index (κ1) is 19.0. The van der Waals surface area contributed by atoms with Crippen LogP contribution in [0.2, 0.25) is 0 Å². The minimum Gasteiger partial charge on any atom is -0.467 e. The molecule has 4 rings (SSSR count). The maximum Gasteiger partial charge on any atom is 0.410 e. The third kappa shape index (κ3) is 3.82. The second-order valence-corrected chi connectivity index (χ2v) is 6.67. The molecule has 29 heavy (non-hydrogen) atoms. The zero-order valence-corrected chi connectivity index (χ0v) is 14.9. The number of benzene rings is 1. The summed E-state index contributed by atoms with van der Waals surface area (Å²) >= 11 is 0. The summed E-state index contributed by atoms with van der Waals surface area (Å²) in [6.07, 6.45) is -2.38. The average Bonchev–Trinajstić information content (AvgIpc) is 3.35. The number of rotatable bonds is 4. The Morgan fingerprint density at radius 2 is 2.03 bits per heavy atom. The van der Waals surface area contributed by atoms with Crippen LogP contribution in [0.5, 0.6) is 0 Å². The van der Waals surface area contributed by atoms with E-state index in [0.29, 0.717) is 11.3 Å². The summed E-state index contributed by atoms with van der Waals surface area (Å²) in [6.45, 7) is 0.0913. The number of fused-ring (bicyclic) bond motifs is 1. The van der Waals surface area contributed by atoms with Gasteiger partial charge in [0.15, 0.2) is 6.04 Å². The molecule has 152 valence electrons. The first-order chi connectivity index (χ1) is 13.8. The van der Waals surface area contributed by atoms with Gasteiger partial charge in [0.2, 0.25) is 0 Å². The number of nitrogens with one attached hydrogen (secondary N) is 2. The van der Waals surface area contributed by atoms with Crippen molar-refractivity contribution in [3.8, 4) is 0 Å². The molecule has 0 spiro atoms. The summed E-state index contributed by atoms with van der Waals surface area (Å²) in [5.41, 5.74) is 0.632. The standard InChI is InChI=1S/C19H16F4N4O2/c20-12-5-3-11(4-6-12)9-24-18(28)13-10-25-27-16(19(21,22)23)8-14(26-17(13)27)15-2-1-7-29-15/h1-7,10,14,16,26H,8-9H2,(H,24,28)/t14-,16+/m0/s1. The molecule has 1 aliphatic rings. The number of halogens is 4. The molecule has 0 saturated heterocycles. The molecule has 0 bridgehead atoms. The van der Waals surface area contributed by atoms with Crippen molar-refractivity contribution >= 4 is 11.7 Å². The molecule has 1 aliphatic heterocycles. The van der Waals surface area contributed by atoms with Crippen LogP contribution in [0.1, 0.15) is 40.2 Å². The first-order valence-electron chi connectivity index (χ1n) is 8.79. The van der Waals surface area contributed by atoms with Crippen LogP contribution in [0.3, 0.4) is 0 Å². The molecule has 0 unspecified atom stereocenters. The molecule has 1 amide bonds. The predicted molar refractivity (Wildman–Crippen MR) is 94.6 cm³/mol. The van der Waals surface area contributed by atoms with Crippen LogP contribution in [0, 0.1) is 5.82 Å². The Hall–Kier alpha value is -3.30. The molecular weight excluding hydrogens is 392 g/mol. The number of hydrogen-bond donors (Lipinski definition) is 2. The van der Waals surface area contributed by atoms with Gasteiger partial charge in [-0.25, -0.2) is 9.07 Å². The number of aromatic nitrogens is 2. The number of anilines is 1. The SMILES string of the molecule is O=C(NCc1ccc(F)cc1)c1cnn2c1N[C@H](c1ccco1)C[C@@H]2C(F)(F)F. The van der Waals surface area contributed by atoms with Gasteiger partial charge in [0.25, 0.3) is 5.91 Å². The van der Waals surface area contributed by atoms with E-state index in [-0.39, 0.29) is 24.3 Å². The van der Waals surface area contributed by atoms with Crippen molar-refractivity contribution in [1.82, 2.24) is 15.1 Å². The van der Waals surface area contributed by atoms with Crippen molar-refractivity contribution in [2.45, 2.75) is 31.2 Å². The van der Waals surface area contributed by atoms with E-state index >= 15 is 0 Å². The largest absolute Gasteiger partial charge is 0.467 e. The molecule has 2 aromatic heterocycles. The van der Waals surface area contributed by atoms with Crippen LogP contribution in [-0.2, 0) is 6.54 Å². The van der Waals surface area contributed by atoms with Crippen LogP contribution in [0.4, 0.5) is 23.4 Å². The Kier molecular flexibility index (Phi) is 4.77. The number of amides is 1. The van der Waals surface area contributed by atoms with E-state index in [1.54, 1.807) is 12.1 Å². The number of hydrogen-bond acceptors (Lipinski definition) is 4. The van der Waals surface area contributed by atoms with Crippen LogP contribution in [0.15, 0.2) is 53.3 Å². The Morgan fingerprint density at radius 3 is 2.69 bits per heavy atom. The molecule has 0 saturated carbocycles. The smallest absolute Gasteiger partial charge is 0.410 e. The Labute approximate surface area is 162 Å². The molecule has 0 fully saturated rings. The van der Waals surface area contributed by atoms with Gasteiger partial charge in [0, 0.05) is 13.0 Å². The highest BCUT2D eigenvalue weighted by molar-refractivity contribution is 5.98. The molecule has 6 nitrogen and oxygen atoms in total. The fraction of sp³-hybridized carbons (Fsp3) is 0.263. The first-order valence-corrected chi connectivity index (χ1v) is 8.79. The molecule has 3 heterocycles. The van der Waals surface area contributed by atoms with Crippen molar-refractivity contribution in [1.29, 1.82) is 0 Å². The van der Waals surface area contributed by atoms with Gasteiger partial charge in [-0.3, -0.25) is 4.79 Å². The minimum absolute atomic E-state index is 0.0161. The lowest BCUT2D eigenvalue weighted by atomic mass is 10.0. The Balaban J connectivity index is 1.59. The molecule has 3 aromatic rings. The zero-order chi connectivity index (χ0) is 20.6. The lowest BCUT2D eigenvalue weighted by Crippen LogP contribution is -2.36. The molecule has 2 atom stereocenters. The van der Waals surface area contributed by atoms with Gasteiger partial charge >= 0.3 is 6.18 Å². The number of carbonyl (C=O) groups excluding carboxylic acids is 1. The predicted octanol–water partition coefficient (Wildman–Crippen LogP) is 4.21. The fourth-order valence-corrected chi connectivity index (χ4v) is 3.28. The molecular formula is C19H16F4N4O2. The molecule has 2 N–H and O–H groups in total. The maximum atomic E-state index is 13.6. The van der Waals surface area contributed by atoms with Gasteiger partial charge in [-0.1, -0.05) is 12.1 Å². The van der Waals surface area contributed by atoms with Gasteiger partial charge < -0.3 is 15.1 Å². The third-order valence-corrected chi connectivity index (χ3v) is 4.74. The lowest BCUT2D eigenvalue weighted by Gasteiger charge is -2.32. The van der Waals surface area contributed by atoms with Gasteiger partial charge in [-0.2, -0.15) is 18.3 Å². The van der Waals surface area contributed by atoms with E-state index in [2.05, 4.69) is 15.7 Å². The number of carbonyl (C=O) groups is 1. The second kappa shape index (κ2) is 7.26. The normalized spacial score (nSPS) is 18.8. The Morgan fingerprint density at radius 1 is 1.28 bits per heavy atom. The van der Waals surface area contributed by atoms with E-state index in [0.717, 1.165) is 10.9 Å². The van der Waals surface area contributed by atoms with E-state index in [9.17, 15) is 22.4 Å². The summed E-state index contributed by atoms with van der Waals surface area (Å²) in [5.74, 6) is -0.692. The van der Waals surface area contributed by atoms with Crippen LogP contribution in [-0.4, -0.2) is 21.9 Å². The van der Waals surface area contributed by atoms with Crippen molar-refractivity contribution < 1.29 is 26.8 Å². The van der Waals surface area contributed by atoms with E-state index in [1.807, 2.05) is 0 Å². The number of furan rings is 1. The van der Waals surface area contributed by atoms with Crippen molar-refractivity contribution in [2.75, 3.05) is 5.32 Å². The Bertz CT molecular complexity index is 996. The van der Waals surface area contributed by atoms with E-state index in [4.69, 9.17) is 4.42 Å². The van der Waals surface area contributed by atoms with Gasteiger partial charge in [-0.15, -0.1) is 0 Å². The van der Waals surface area contributed by atoms with Crippen LogP contribution < -0.4 is 10.6 Å². The van der Waals surface area contributed by atoms with Crippen molar-refractivity contribution in [3.63, 3.8) is 0 Å². The van der Waals surface area contributed by atoms with Crippen LogP contribution in [0.25, 0.3) is 0 Å². The quantitative estimate of drug-likeness (QED) is 0.635. The van der Waals surface area contributed by atoms with Crippen molar-refractivity contribution in [3.05, 3.63) is 71.6 Å². The van der Waals surface area contributed by atoms with Crippen molar-refractivity contribution in [2.24, 2.45) is 0 Å². The highest BCUT2D eigenvalue weighted by atomic mass is 19.4. The van der Waals surface area contributed by atoms with Crippen LogP contribution >= 0.6 is 0 Å². The highest BCUT2D eigenvalue weighted by Gasteiger charge is 2.47. The average molecular weight is 408 g/mol. The topological polar surface area (TPSA) is 72.1 Å². The summed E-state index contributed by atoms with van der Waals surface area (Å²) in [7, 11) is 0. The highest BCUT2D eigenvalue weighted by Crippen LogP contribution is 2.44. The van der Waals surface area contributed by atoms with Gasteiger partial charge in [-0.05, 0) is 29.8 Å². The van der Waals surface area contributed by atoms with Gasteiger partial charge in [0.1, 0.15) is 23.0 Å². The summed E-state index contributed by atoms with van der Waals surface area (Å²) in [5, 5.41) is 9.35. The summed E-state index contributed by atoms with van der Waals surface area (Å²) < 4.78 is 59.8. The number of nitrogens with zero attached hydrogens (tertiary/aromatic N) is 2. The third-order valence-electron chi connectivity index (χ3n) is 4.74. The van der Waals surface area contributed by atoms with E-state index < -0.39 is 30.0 Å². The fourth-order valence-electron chi connectivity index (χ4n) is 3.28. The monoisotopic (exact) mass is 408 g/mol.